The van der Waals surface area contributed by atoms with E-state index in [2.05, 4.69) is 200 Å². The van der Waals surface area contributed by atoms with Crippen LogP contribution in [0.2, 0.25) is 0 Å². The Morgan fingerprint density at radius 2 is 0.905 bits per heavy atom. The first kappa shape index (κ1) is 40.8. The van der Waals surface area contributed by atoms with Gasteiger partial charge in [-0.25, -0.2) is 4.98 Å². The second-order valence-corrected chi connectivity index (χ2v) is 19.8. The van der Waals surface area contributed by atoms with E-state index in [4.69, 9.17) is 19.4 Å². The van der Waals surface area contributed by atoms with Gasteiger partial charge >= 0.3 is 0 Å². The van der Waals surface area contributed by atoms with Gasteiger partial charge in [-0.2, -0.15) is 5.26 Å². The van der Waals surface area contributed by atoms with E-state index >= 15 is 0 Å². The molecule has 2 aromatic heterocycles. The molecule has 0 bridgehead atoms. The van der Waals surface area contributed by atoms with Gasteiger partial charge in [0.2, 0.25) is 0 Å². The summed E-state index contributed by atoms with van der Waals surface area (Å²) in [6.07, 6.45) is 1.88. The maximum absolute atomic E-state index is 9.75. The molecule has 2 aliphatic carbocycles. The van der Waals surface area contributed by atoms with E-state index in [9.17, 15) is 5.26 Å². The molecule has 1 unspecified atom stereocenters. The Morgan fingerprint density at radius 1 is 0.365 bits per heavy atom. The summed E-state index contributed by atoms with van der Waals surface area (Å²) in [5, 5.41) is 11.8. The van der Waals surface area contributed by atoms with E-state index in [1.807, 2.05) is 42.6 Å². The number of para-hydroxylation sites is 2. The van der Waals surface area contributed by atoms with Crippen LogP contribution >= 0.6 is 0 Å². The second-order valence-electron chi connectivity index (χ2n) is 19.8. The molecule has 5 heteroatoms. The van der Waals surface area contributed by atoms with Crippen LogP contribution in [-0.2, 0) is 10.8 Å². The molecule has 1 atom stereocenters. The molecule has 342 valence electrons. The summed E-state index contributed by atoms with van der Waals surface area (Å²) in [5.41, 5.74) is 21.3. The topological polar surface area (TPSA) is 68.0 Å². The summed E-state index contributed by atoms with van der Waals surface area (Å²) in [6.45, 7) is 0. The van der Waals surface area contributed by atoms with E-state index in [0.717, 1.165) is 101 Å². The minimum absolute atomic E-state index is 0.533. The summed E-state index contributed by atoms with van der Waals surface area (Å²) >= 11 is 0. The zero-order valence-corrected chi connectivity index (χ0v) is 39.7. The zero-order chi connectivity index (χ0) is 48.7. The Balaban J connectivity index is 0.862. The van der Waals surface area contributed by atoms with Gasteiger partial charge in [0.1, 0.15) is 23.0 Å². The molecule has 10 aromatic carbocycles. The van der Waals surface area contributed by atoms with E-state index in [1.165, 1.54) is 44.5 Å². The van der Waals surface area contributed by atoms with E-state index in [1.54, 1.807) is 0 Å². The number of nitrogens with zero attached hydrogens (tertiary/aromatic N) is 3. The summed E-state index contributed by atoms with van der Waals surface area (Å²) in [6, 6.07) is 84.3. The predicted molar refractivity (Wildman–Crippen MR) is 293 cm³/mol. The molecule has 0 N–H and O–H groups in total. The number of pyridine rings is 2. The van der Waals surface area contributed by atoms with Gasteiger partial charge in [-0.1, -0.05) is 176 Å². The molecule has 4 aliphatic rings. The molecule has 74 heavy (non-hydrogen) atoms. The van der Waals surface area contributed by atoms with Crippen LogP contribution in [-0.4, -0.2) is 9.97 Å². The van der Waals surface area contributed by atoms with Crippen LogP contribution < -0.4 is 9.47 Å². The molecule has 2 spiro atoms. The van der Waals surface area contributed by atoms with Gasteiger partial charge < -0.3 is 9.47 Å². The smallest absolute Gasteiger partial charge is 0.132 e. The summed E-state index contributed by atoms with van der Waals surface area (Å²) in [7, 11) is 0. The van der Waals surface area contributed by atoms with E-state index in [-0.39, 0.29) is 0 Å². The number of benzene rings is 10. The number of nitriles is 1. The Hall–Kier alpha value is -9.89. The summed E-state index contributed by atoms with van der Waals surface area (Å²) in [4.78, 5) is 10.6. The normalized spacial score (nSPS) is 15.4. The molecule has 4 heterocycles. The van der Waals surface area contributed by atoms with Crippen LogP contribution in [0.25, 0.3) is 77.6 Å². The quantitative estimate of drug-likeness (QED) is 0.165. The molecular formula is C69H39N3O2. The van der Waals surface area contributed by atoms with Gasteiger partial charge in [0, 0.05) is 44.8 Å². The highest BCUT2D eigenvalue weighted by molar-refractivity contribution is 6.13. The third-order valence-corrected chi connectivity index (χ3v) is 16.3. The first-order chi connectivity index (χ1) is 36.6. The van der Waals surface area contributed by atoms with Crippen molar-refractivity contribution in [2.75, 3.05) is 0 Å². The molecular weight excluding hydrogens is 903 g/mol. The molecule has 0 radical (unpaired) electrons. The number of ether oxygens (including phenoxy) is 2. The van der Waals surface area contributed by atoms with Gasteiger partial charge in [-0.05, 0) is 121 Å². The van der Waals surface area contributed by atoms with E-state index in [0.29, 0.717) is 5.56 Å². The van der Waals surface area contributed by atoms with Crippen molar-refractivity contribution in [3.05, 3.63) is 287 Å². The average molecular weight is 942 g/mol. The van der Waals surface area contributed by atoms with Crippen molar-refractivity contribution < 1.29 is 9.47 Å². The third-order valence-electron chi connectivity index (χ3n) is 16.3. The Labute approximate surface area is 426 Å². The minimum Gasteiger partial charge on any atom is -0.457 e. The lowest BCUT2D eigenvalue weighted by atomic mass is 9.66. The maximum Gasteiger partial charge on any atom is 0.132 e. The summed E-state index contributed by atoms with van der Waals surface area (Å²) in [5.74, 6) is 3.30. The first-order valence-corrected chi connectivity index (χ1v) is 25.1. The highest BCUT2D eigenvalue weighted by Gasteiger charge is 2.53. The summed E-state index contributed by atoms with van der Waals surface area (Å²) < 4.78 is 13.8. The number of fused-ring (bicyclic) bond motifs is 21. The molecule has 0 fully saturated rings. The molecule has 0 saturated carbocycles. The second kappa shape index (κ2) is 15.1. The lowest BCUT2D eigenvalue weighted by Crippen LogP contribution is -2.32. The largest absolute Gasteiger partial charge is 0.457 e. The van der Waals surface area contributed by atoms with Crippen LogP contribution in [0.3, 0.4) is 0 Å². The molecule has 0 amide bonds. The highest BCUT2D eigenvalue weighted by Crippen LogP contribution is 2.65. The van der Waals surface area contributed by atoms with E-state index < -0.39 is 10.8 Å². The minimum atomic E-state index is -0.675. The van der Waals surface area contributed by atoms with Crippen molar-refractivity contribution >= 4 is 21.8 Å². The Kier molecular flexibility index (Phi) is 8.31. The Bertz CT molecular complexity index is 4440. The highest BCUT2D eigenvalue weighted by atomic mass is 16.5. The number of hydrogen-bond acceptors (Lipinski definition) is 5. The third kappa shape index (κ3) is 5.30. The van der Waals surface area contributed by atoms with Crippen molar-refractivity contribution in [3.63, 3.8) is 0 Å². The SMILES string of the molecule is N#Cc1cccc(-c2ccc3c(c2)Oc2ccccc2C32c3ccccc3-c3c(-c4cc5ccc(-c6ccc7c(c6)Oc6ccccc6C76c7ccccc7-c7ccccc76)nc5c5ncccc45)cccc32)c1. The van der Waals surface area contributed by atoms with Crippen molar-refractivity contribution in [1.29, 1.82) is 5.26 Å². The zero-order valence-electron chi connectivity index (χ0n) is 39.7. The van der Waals surface area contributed by atoms with Crippen LogP contribution in [0, 0.1) is 11.3 Å². The average Bonchev–Trinajstić information content (AvgIpc) is 4.04. The number of rotatable bonds is 3. The molecule has 2 aliphatic heterocycles. The standard InChI is InChI=1S/C69H39N3O2/c70-40-41-14-11-15-42(36-41)43-29-32-58-63(38-43)73-62-28-10-8-25-56(62)69(58)54-23-6-3-18-50(54)65-48(19-12-26-59(65)69)51-37-45-31-34-60(72-66(45)67-49(51)20-13-35-71-67)44-30-33-57-64(39-44)74-61-27-9-7-24-55(61)68(57)52-21-4-1-16-46(52)47-17-2-5-22-53(47)68/h1-39H. The molecule has 16 rings (SSSR count). The maximum atomic E-state index is 9.75. The van der Waals surface area contributed by atoms with Crippen LogP contribution in [0.4, 0.5) is 0 Å². The van der Waals surface area contributed by atoms with Gasteiger partial charge in [0.05, 0.1) is 39.2 Å². The predicted octanol–water partition coefficient (Wildman–Crippen LogP) is 16.6. The lowest BCUT2D eigenvalue weighted by Gasteiger charge is -2.39. The van der Waals surface area contributed by atoms with Gasteiger partial charge in [-0.15, -0.1) is 0 Å². The molecule has 0 saturated heterocycles. The van der Waals surface area contributed by atoms with Gasteiger partial charge in [0.25, 0.3) is 0 Å². The fourth-order valence-electron chi connectivity index (χ4n) is 13.4. The van der Waals surface area contributed by atoms with Gasteiger partial charge in [0.15, 0.2) is 0 Å². The van der Waals surface area contributed by atoms with Crippen molar-refractivity contribution in [1.82, 2.24) is 9.97 Å². The molecule has 5 nitrogen and oxygen atoms in total. The first-order valence-electron chi connectivity index (χ1n) is 25.1. The van der Waals surface area contributed by atoms with Crippen molar-refractivity contribution in [2.24, 2.45) is 0 Å². The van der Waals surface area contributed by atoms with Crippen LogP contribution in [0.5, 0.6) is 23.0 Å². The van der Waals surface area contributed by atoms with Crippen LogP contribution in [0.15, 0.2) is 237 Å². The number of aromatic nitrogens is 2. The van der Waals surface area contributed by atoms with Crippen molar-refractivity contribution in [2.45, 2.75) is 10.8 Å². The monoisotopic (exact) mass is 941 g/mol. The van der Waals surface area contributed by atoms with Gasteiger partial charge in [-0.3, -0.25) is 4.98 Å². The lowest BCUT2D eigenvalue weighted by molar-refractivity contribution is 0.436. The number of hydrogen-bond donors (Lipinski definition) is 0. The fourth-order valence-corrected chi connectivity index (χ4v) is 13.4. The van der Waals surface area contributed by atoms with Crippen molar-refractivity contribution in [3.8, 4) is 84.8 Å². The Morgan fingerprint density at radius 3 is 1.61 bits per heavy atom. The molecule has 12 aromatic rings. The van der Waals surface area contributed by atoms with Crippen LogP contribution in [0.1, 0.15) is 50.1 Å². The fraction of sp³-hybridized carbons (Fsp3) is 0.0290.